The molecule has 0 bridgehead atoms. The molecule has 2 aromatic heterocycles. The van der Waals surface area contributed by atoms with Gasteiger partial charge in [-0.2, -0.15) is 0 Å². The fourth-order valence-electron chi connectivity index (χ4n) is 3.31. The standard InChI is InChI=1S/C17H18N4O5/c22-13-1-2-14(23)21(13)9-15(24)20-6-3-11(4-7-20)16-18-19-17(26-16)12-5-8-25-10-12/h5,8,10-11H,1-4,6-7,9H2. The number of hydrogen-bond donors (Lipinski definition) is 0. The lowest BCUT2D eigenvalue weighted by Gasteiger charge is -2.31. The number of hydrogen-bond acceptors (Lipinski definition) is 7. The third kappa shape index (κ3) is 3.12. The van der Waals surface area contributed by atoms with Crippen molar-refractivity contribution in [2.24, 2.45) is 0 Å². The van der Waals surface area contributed by atoms with E-state index < -0.39 is 0 Å². The average Bonchev–Trinajstić information content (AvgIpc) is 3.39. The first-order chi connectivity index (χ1) is 12.6. The molecule has 0 radical (unpaired) electrons. The predicted octanol–water partition coefficient (Wildman–Crippen LogP) is 1.18. The highest BCUT2D eigenvalue weighted by Crippen LogP contribution is 2.29. The quantitative estimate of drug-likeness (QED) is 0.755. The lowest BCUT2D eigenvalue weighted by Crippen LogP contribution is -2.45. The molecule has 2 saturated heterocycles. The number of nitrogens with zero attached hydrogens (tertiary/aromatic N) is 4. The third-order valence-electron chi connectivity index (χ3n) is 4.85. The Morgan fingerprint density at radius 3 is 2.54 bits per heavy atom. The second kappa shape index (κ2) is 6.74. The molecule has 0 atom stereocenters. The summed E-state index contributed by atoms with van der Waals surface area (Å²) in [6, 6.07) is 1.75. The molecule has 0 N–H and O–H groups in total. The van der Waals surface area contributed by atoms with Crippen molar-refractivity contribution in [2.45, 2.75) is 31.6 Å². The summed E-state index contributed by atoms with van der Waals surface area (Å²) in [6.45, 7) is 0.903. The summed E-state index contributed by atoms with van der Waals surface area (Å²) < 4.78 is 10.7. The SMILES string of the molecule is O=C(CN1C(=O)CCC1=O)N1CCC(c2nnc(-c3ccoc3)o2)CC1. The van der Waals surface area contributed by atoms with E-state index in [1.807, 2.05) is 0 Å². The van der Waals surface area contributed by atoms with E-state index in [0.717, 1.165) is 10.5 Å². The molecule has 2 aliphatic rings. The molecule has 26 heavy (non-hydrogen) atoms. The molecule has 2 aromatic rings. The van der Waals surface area contributed by atoms with Crippen molar-refractivity contribution in [1.82, 2.24) is 20.0 Å². The van der Waals surface area contributed by atoms with Gasteiger partial charge in [0.25, 0.3) is 5.89 Å². The first kappa shape index (κ1) is 16.5. The topological polar surface area (TPSA) is 110 Å². The van der Waals surface area contributed by atoms with Crippen molar-refractivity contribution in [3.8, 4) is 11.5 Å². The third-order valence-corrected chi connectivity index (χ3v) is 4.85. The molecule has 4 rings (SSSR count). The van der Waals surface area contributed by atoms with Gasteiger partial charge in [-0.05, 0) is 18.9 Å². The number of rotatable bonds is 4. The molecule has 2 aliphatic heterocycles. The molecule has 0 unspecified atom stereocenters. The Kier molecular flexibility index (Phi) is 4.27. The Balaban J connectivity index is 1.33. The van der Waals surface area contributed by atoms with E-state index in [1.54, 1.807) is 23.5 Å². The van der Waals surface area contributed by atoms with Crippen LogP contribution in [0.25, 0.3) is 11.5 Å². The van der Waals surface area contributed by atoms with Gasteiger partial charge in [0.1, 0.15) is 12.8 Å². The maximum Gasteiger partial charge on any atom is 0.250 e. The van der Waals surface area contributed by atoms with Crippen molar-refractivity contribution < 1.29 is 23.2 Å². The summed E-state index contributed by atoms with van der Waals surface area (Å²) in [5, 5.41) is 8.14. The zero-order valence-corrected chi connectivity index (χ0v) is 14.1. The van der Waals surface area contributed by atoms with Crippen LogP contribution in [0.3, 0.4) is 0 Å². The molecule has 4 heterocycles. The molecule has 0 aromatic carbocycles. The summed E-state index contributed by atoms with van der Waals surface area (Å²) in [5.41, 5.74) is 0.733. The van der Waals surface area contributed by atoms with E-state index in [4.69, 9.17) is 8.83 Å². The minimum absolute atomic E-state index is 0.0854. The van der Waals surface area contributed by atoms with Gasteiger partial charge in [0.2, 0.25) is 23.6 Å². The molecule has 2 fully saturated rings. The van der Waals surface area contributed by atoms with Crippen LogP contribution in [0.4, 0.5) is 0 Å². The molecule has 9 nitrogen and oxygen atoms in total. The van der Waals surface area contributed by atoms with Crippen LogP contribution < -0.4 is 0 Å². The van der Waals surface area contributed by atoms with E-state index in [9.17, 15) is 14.4 Å². The molecule has 0 saturated carbocycles. The van der Waals surface area contributed by atoms with Gasteiger partial charge in [0.05, 0.1) is 11.8 Å². The first-order valence-corrected chi connectivity index (χ1v) is 8.59. The summed E-state index contributed by atoms with van der Waals surface area (Å²) in [5.74, 6) is 0.321. The maximum atomic E-state index is 12.4. The Hall–Kier alpha value is -2.97. The first-order valence-electron chi connectivity index (χ1n) is 8.59. The number of imide groups is 1. The number of furan rings is 1. The van der Waals surface area contributed by atoms with Gasteiger partial charge in [0.15, 0.2) is 0 Å². The van der Waals surface area contributed by atoms with E-state index in [2.05, 4.69) is 10.2 Å². The van der Waals surface area contributed by atoms with Crippen molar-refractivity contribution in [1.29, 1.82) is 0 Å². The average molecular weight is 358 g/mol. The van der Waals surface area contributed by atoms with Gasteiger partial charge in [0, 0.05) is 31.8 Å². The largest absolute Gasteiger partial charge is 0.472 e. The number of carbonyl (C=O) groups excluding carboxylic acids is 3. The molecular formula is C17H18N4O5. The Labute approximate surface area is 148 Å². The number of amides is 3. The molecule has 0 spiro atoms. The smallest absolute Gasteiger partial charge is 0.250 e. The number of aromatic nitrogens is 2. The van der Waals surface area contributed by atoms with E-state index in [-0.39, 0.29) is 43.0 Å². The van der Waals surface area contributed by atoms with Gasteiger partial charge < -0.3 is 13.7 Å². The van der Waals surface area contributed by atoms with Crippen molar-refractivity contribution in [2.75, 3.05) is 19.6 Å². The number of piperidine rings is 1. The second-order valence-electron chi connectivity index (χ2n) is 6.49. The molecule has 0 aliphatic carbocycles. The van der Waals surface area contributed by atoms with Crippen molar-refractivity contribution in [3.05, 3.63) is 24.5 Å². The van der Waals surface area contributed by atoms with Crippen LogP contribution in [0.5, 0.6) is 0 Å². The number of carbonyl (C=O) groups is 3. The highest BCUT2D eigenvalue weighted by Gasteiger charge is 2.33. The lowest BCUT2D eigenvalue weighted by atomic mass is 9.97. The Morgan fingerprint density at radius 1 is 1.15 bits per heavy atom. The minimum atomic E-state index is -0.268. The molecular weight excluding hydrogens is 340 g/mol. The van der Waals surface area contributed by atoms with Crippen LogP contribution in [0.1, 0.15) is 37.5 Å². The highest BCUT2D eigenvalue weighted by molar-refractivity contribution is 6.04. The second-order valence-corrected chi connectivity index (χ2v) is 6.49. The summed E-state index contributed by atoms with van der Waals surface area (Å²) in [6.07, 6.45) is 4.87. The Morgan fingerprint density at radius 2 is 1.88 bits per heavy atom. The van der Waals surface area contributed by atoms with Crippen LogP contribution in [-0.2, 0) is 14.4 Å². The zero-order valence-electron chi connectivity index (χ0n) is 14.1. The normalized spacial score (nSPS) is 18.8. The Bertz CT molecular complexity index is 804. The molecule has 9 heteroatoms. The fourth-order valence-corrected chi connectivity index (χ4v) is 3.31. The zero-order chi connectivity index (χ0) is 18.1. The fraction of sp³-hybridized carbons (Fsp3) is 0.471. The van der Waals surface area contributed by atoms with Gasteiger partial charge in [-0.1, -0.05) is 0 Å². The van der Waals surface area contributed by atoms with Gasteiger partial charge >= 0.3 is 0 Å². The number of likely N-dealkylation sites (tertiary alicyclic amines) is 2. The van der Waals surface area contributed by atoms with E-state index >= 15 is 0 Å². The van der Waals surface area contributed by atoms with Crippen LogP contribution in [0, 0.1) is 0 Å². The van der Waals surface area contributed by atoms with Gasteiger partial charge in [-0.25, -0.2) is 0 Å². The van der Waals surface area contributed by atoms with Crippen molar-refractivity contribution in [3.63, 3.8) is 0 Å². The summed E-state index contributed by atoms with van der Waals surface area (Å²) in [4.78, 5) is 38.4. The van der Waals surface area contributed by atoms with Crippen LogP contribution >= 0.6 is 0 Å². The monoisotopic (exact) mass is 358 g/mol. The van der Waals surface area contributed by atoms with Crippen LogP contribution in [0.15, 0.2) is 27.4 Å². The lowest BCUT2D eigenvalue weighted by molar-refractivity contribution is -0.146. The van der Waals surface area contributed by atoms with E-state index in [1.165, 1.54) is 0 Å². The summed E-state index contributed by atoms with van der Waals surface area (Å²) >= 11 is 0. The van der Waals surface area contributed by atoms with Gasteiger partial charge in [-0.15, -0.1) is 10.2 Å². The van der Waals surface area contributed by atoms with Crippen LogP contribution in [0.2, 0.25) is 0 Å². The minimum Gasteiger partial charge on any atom is -0.472 e. The predicted molar refractivity (Wildman–Crippen MR) is 86.5 cm³/mol. The molecule has 3 amide bonds. The van der Waals surface area contributed by atoms with Crippen LogP contribution in [-0.4, -0.2) is 57.4 Å². The van der Waals surface area contributed by atoms with Gasteiger partial charge in [-0.3, -0.25) is 19.3 Å². The highest BCUT2D eigenvalue weighted by atomic mass is 16.4. The molecule has 136 valence electrons. The van der Waals surface area contributed by atoms with E-state index in [0.29, 0.717) is 37.7 Å². The maximum absolute atomic E-state index is 12.4. The summed E-state index contributed by atoms with van der Waals surface area (Å²) in [7, 11) is 0. The van der Waals surface area contributed by atoms with Crippen molar-refractivity contribution >= 4 is 17.7 Å².